The zero-order chi connectivity index (χ0) is 11.8. The van der Waals surface area contributed by atoms with E-state index in [9.17, 15) is 0 Å². The molecule has 0 atom stereocenters. The van der Waals surface area contributed by atoms with E-state index in [0.29, 0.717) is 0 Å². The van der Waals surface area contributed by atoms with Gasteiger partial charge < -0.3 is 10.1 Å². The number of hydrogen-bond acceptors (Lipinski definition) is 6. The first-order chi connectivity index (χ1) is 7.80. The Morgan fingerprint density at radius 2 is 2.25 bits per heavy atom. The Morgan fingerprint density at radius 3 is 2.88 bits per heavy atom. The monoisotopic (exact) mass is 259 g/mol. The lowest BCUT2D eigenvalue weighted by Gasteiger charge is -2.07. The van der Waals surface area contributed by atoms with Gasteiger partial charge in [0.25, 0.3) is 0 Å². The fourth-order valence-electron chi connectivity index (χ4n) is 1.07. The molecule has 0 fully saturated rings. The van der Waals surface area contributed by atoms with E-state index in [4.69, 9.17) is 4.74 Å². The summed E-state index contributed by atoms with van der Waals surface area (Å²) < 4.78 is 5.01. The first-order valence-corrected chi connectivity index (χ1v) is 7.29. The predicted molar refractivity (Wildman–Crippen MR) is 70.6 cm³/mol. The van der Waals surface area contributed by atoms with Gasteiger partial charge in [0.2, 0.25) is 0 Å². The van der Waals surface area contributed by atoms with Gasteiger partial charge in [-0.1, -0.05) is 11.8 Å². The van der Waals surface area contributed by atoms with E-state index in [2.05, 4.69) is 22.2 Å². The van der Waals surface area contributed by atoms with Crippen LogP contribution in [0.5, 0.6) is 0 Å². The van der Waals surface area contributed by atoms with Crippen molar-refractivity contribution in [2.24, 2.45) is 0 Å². The van der Waals surface area contributed by atoms with Crippen LogP contribution < -0.4 is 5.32 Å². The van der Waals surface area contributed by atoms with Crippen molar-refractivity contribution in [1.82, 2.24) is 9.97 Å². The minimum absolute atomic E-state index is 0.736. The quantitative estimate of drug-likeness (QED) is 0.351. The molecule has 0 saturated heterocycles. The molecule has 90 valence electrons. The number of nitrogens with zero attached hydrogens (tertiary/aromatic N) is 2. The first-order valence-electron chi connectivity index (χ1n) is 5.08. The predicted octanol–water partition coefficient (Wildman–Crippen LogP) is 2.37. The largest absolute Gasteiger partial charge is 0.384 e. The number of thioether (sulfide) groups is 2. The molecule has 0 unspecified atom stereocenters. The molecule has 1 heterocycles. The molecule has 0 amide bonds. The van der Waals surface area contributed by atoms with Gasteiger partial charge in [-0.05, 0) is 13.2 Å². The molecule has 0 bridgehead atoms. The summed E-state index contributed by atoms with van der Waals surface area (Å²) in [5.41, 5.74) is 0. The molecule has 4 nitrogen and oxygen atoms in total. The summed E-state index contributed by atoms with van der Waals surface area (Å²) in [6.07, 6.45) is 1.98. The van der Waals surface area contributed by atoms with Gasteiger partial charge in [-0.2, -0.15) is 0 Å². The van der Waals surface area contributed by atoms with E-state index in [1.165, 1.54) is 0 Å². The summed E-state index contributed by atoms with van der Waals surface area (Å²) in [6, 6.07) is 1.98. The highest BCUT2D eigenvalue weighted by Gasteiger charge is 2.03. The highest BCUT2D eigenvalue weighted by molar-refractivity contribution is 7.99. The number of rotatable bonds is 7. The Morgan fingerprint density at radius 1 is 1.44 bits per heavy atom. The zero-order valence-electron chi connectivity index (χ0n) is 9.82. The molecule has 0 spiro atoms. The minimum Gasteiger partial charge on any atom is -0.384 e. The normalized spacial score (nSPS) is 10.4. The highest BCUT2D eigenvalue weighted by atomic mass is 32.2. The number of anilines is 1. The van der Waals surface area contributed by atoms with Crippen LogP contribution in [0, 0.1) is 0 Å². The van der Waals surface area contributed by atoms with Crippen LogP contribution in [0.15, 0.2) is 16.2 Å². The van der Waals surface area contributed by atoms with Crippen LogP contribution in [0.2, 0.25) is 0 Å². The summed E-state index contributed by atoms with van der Waals surface area (Å²) in [6.45, 7) is 3.66. The molecule has 0 aliphatic rings. The van der Waals surface area contributed by atoms with Crippen LogP contribution in [0.25, 0.3) is 0 Å². The summed E-state index contributed by atoms with van der Waals surface area (Å²) in [5, 5.41) is 5.00. The third kappa shape index (κ3) is 4.59. The average molecular weight is 259 g/mol. The van der Waals surface area contributed by atoms with E-state index in [0.717, 1.165) is 34.9 Å². The molecule has 1 rings (SSSR count). The van der Waals surface area contributed by atoms with Crippen molar-refractivity contribution in [3.05, 3.63) is 6.07 Å². The van der Waals surface area contributed by atoms with Crippen molar-refractivity contribution in [3.8, 4) is 0 Å². The van der Waals surface area contributed by atoms with Gasteiger partial charge in [0.05, 0.1) is 6.61 Å². The highest BCUT2D eigenvalue weighted by Crippen LogP contribution is 2.21. The maximum atomic E-state index is 5.01. The standard InChI is InChI=1S/C10H17N3OS2/c1-4-11-8-7-9(16-6-5-14-2)13-10(12-8)15-3/h7H,4-6H2,1-3H3,(H,11,12,13). The van der Waals surface area contributed by atoms with Gasteiger partial charge >= 0.3 is 0 Å². The van der Waals surface area contributed by atoms with Gasteiger partial charge in [-0.15, -0.1) is 11.8 Å². The topological polar surface area (TPSA) is 47.0 Å². The lowest BCUT2D eigenvalue weighted by molar-refractivity contribution is 0.218. The van der Waals surface area contributed by atoms with Gasteiger partial charge in [-0.3, -0.25) is 0 Å². The van der Waals surface area contributed by atoms with Gasteiger partial charge in [0, 0.05) is 25.5 Å². The molecule has 6 heteroatoms. The van der Waals surface area contributed by atoms with Crippen molar-refractivity contribution in [2.75, 3.05) is 37.6 Å². The smallest absolute Gasteiger partial charge is 0.190 e. The summed E-state index contributed by atoms with van der Waals surface area (Å²) in [7, 11) is 1.71. The summed E-state index contributed by atoms with van der Waals surface area (Å²) in [4.78, 5) is 8.79. The Hall–Kier alpha value is -0.460. The number of nitrogens with one attached hydrogen (secondary N) is 1. The molecule has 16 heavy (non-hydrogen) atoms. The molecule has 1 N–H and O–H groups in total. The third-order valence-electron chi connectivity index (χ3n) is 1.76. The molecular weight excluding hydrogens is 242 g/mol. The Bertz CT molecular complexity index is 323. The molecule has 0 aliphatic heterocycles. The number of aromatic nitrogens is 2. The molecule has 0 aliphatic carbocycles. The van der Waals surface area contributed by atoms with Crippen LogP contribution in [0.4, 0.5) is 5.82 Å². The molecule has 1 aromatic rings. The van der Waals surface area contributed by atoms with Crippen molar-refractivity contribution in [2.45, 2.75) is 17.1 Å². The van der Waals surface area contributed by atoms with Gasteiger partial charge in [0.15, 0.2) is 5.16 Å². The van der Waals surface area contributed by atoms with Gasteiger partial charge in [0.1, 0.15) is 10.8 Å². The molecule has 0 aromatic carbocycles. The van der Waals surface area contributed by atoms with Crippen molar-refractivity contribution < 1.29 is 4.74 Å². The van der Waals surface area contributed by atoms with E-state index in [1.54, 1.807) is 30.6 Å². The maximum Gasteiger partial charge on any atom is 0.190 e. The SMILES string of the molecule is CCNc1cc(SCCOC)nc(SC)n1. The molecular formula is C10H17N3OS2. The Balaban J connectivity index is 2.69. The zero-order valence-corrected chi connectivity index (χ0v) is 11.5. The van der Waals surface area contributed by atoms with Crippen LogP contribution in [-0.2, 0) is 4.74 Å². The second kappa shape index (κ2) is 7.76. The Kier molecular flexibility index (Phi) is 6.59. The molecule has 1 aromatic heterocycles. The van der Waals surface area contributed by atoms with E-state index >= 15 is 0 Å². The van der Waals surface area contributed by atoms with Gasteiger partial charge in [-0.25, -0.2) is 9.97 Å². The fraction of sp³-hybridized carbons (Fsp3) is 0.600. The molecule has 0 saturated carbocycles. The van der Waals surface area contributed by atoms with Crippen LogP contribution in [0.3, 0.4) is 0 Å². The fourth-order valence-corrected chi connectivity index (χ4v) is 2.31. The van der Waals surface area contributed by atoms with E-state index < -0.39 is 0 Å². The van der Waals surface area contributed by atoms with E-state index in [-0.39, 0.29) is 0 Å². The minimum atomic E-state index is 0.736. The maximum absolute atomic E-state index is 5.01. The van der Waals surface area contributed by atoms with Crippen LogP contribution in [0.1, 0.15) is 6.92 Å². The first kappa shape index (κ1) is 13.6. The van der Waals surface area contributed by atoms with Crippen molar-refractivity contribution >= 4 is 29.3 Å². The van der Waals surface area contributed by atoms with E-state index in [1.807, 2.05) is 12.3 Å². The second-order valence-corrected chi connectivity index (χ2v) is 4.84. The lowest BCUT2D eigenvalue weighted by atomic mass is 10.5. The summed E-state index contributed by atoms with van der Waals surface area (Å²) in [5.74, 6) is 1.80. The van der Waals surface area contributed by atoms with Crippen LogP contribution >= 0.6 is 23.5 Å². The average Bonchev–Trinajstić information content (AvgIpc) is 2.29. The number of hydrogen-bond donors (Lipinski definition) is 1. The van der Waals surface area contributed by atoms with Crippen molar-refractivity contribution in [1.29, 1.82) is 0 Å². The molecule has 0 radical (unpaired) electrons. The summed E-state index contributed by atoms with van der Waals surface area (Å²) >= 11 is 3.24. The number of methoxy groups -OCH3 is 1. The number of ether oxygens (including phenoxy) is 1. The lowest BCUT2D eigenvalue weighted by Crippen LogP contribution is -2.02. The van der Waals surface area contributed by atoms with Crippen LogP contribution in [-0.4, -0.2) is 42.2 Å². The second-order valence-electron chi connectivity index (χ2n) is 2.95. The third-order valence-corrected chi connectivity index (χ3v) is 3.18. The Labute approximate surface area is 105 Å². The van der Waals surface area contributed by atoms with Crippen molar-refractivity contribution in [3.63, 3.8) is 0 Å².